The van der Waals surface area contributed by atoms with Gasteiger partial charge in [0, 0.05) is 21.3 Å². The molecule has 0 fully saturated rings. The van der Waals surface area contributed by atoms with Crippen LogP contribution in [-0.2, 0) is 0 Å². The van der Waals surface area contributed by atoms with E-state index in [9.17, 15) is 4.79 Å². The van der Waals surface area contributed by atoms with Gasteiger partial charge < -0.3 is 10.6 Å². The maximum atomic E-state index is 12.0. The first-order valence-electron chi connectivity index (χ1n) is 6.68. The second-order valence-electron chi connectivity index (χ2n) is 4.64. The summed E-state index contributed by atoms with van der Waals surface area (Å²) in [6, 6.07) is 18.5. The molecule has 0 spiro atoms. The van der Waals surface area contributed by atoms with Gasteiger partial charge in [-0.1, -0.05) is 29.8 Å². The fourth-order valence-electron chi connectivity index (χ4n) is 2.02. The molecule has 0 aliphatic rings. The molecule has 0 bridgehead atoms. The van der Waals surface area contributed by atoms with Crippen molar-refractivity contribution in [3.8, 4) is 10.4 Å². The van der Waals surface area contributed by atoms with Crippen LogP contribution in [0.15, 0.2) is 66.0 Å². The molecule has 0 saturated carbocycles. The first-order chi connectivity index (χ1) is 10.7. The molecule has 0 aliphatic carbocycles. The lowest BCUT2D eigenvalue weighted by Gasteiger charge is -2.08. The molecule has 5 heteroatoms. The third-order valence-electron chi connectivity index (χ3n) is 3.03. The largest absolute Gasteiger partial charge is 0.323 e. The lowest BCUT2D eigenvalue weighted by Crippen LogP contribution is -2.19. The molecule has 110 valence electrons. The molecule has 0 saturated heterocycles. The third kappa shape index (κ3) is 3.67. The normalized spacial score (nSPS) is 10.2. The van der Waals surface area contributed by atoms with Gasteiger partial charge in [0.25, 0.3) is 0 Å². The van der Waals surface area contributed by atoms with Gasteiger partial charge in [-0.15, -0.1) is 11.3 Å². The monoisotopic (exact) mass is 328 g/mol. The number of hydrogen-bond acceptors (Lipinski definition) is 2. The van der Waals surface area contributed by atoms with E-state index in [1.54, 1.807) is 35.6 Å². The van der Waals surface area contributed by atoms with Crippen molar-refractivity contribution in [3.05, 3.63) is 71.1 Å². The van der Waals surface area contributed by atoms with Gasteiger partial charge in [-0.3, -0.25) is 0 Å². The maximum Gasteiger partial charge on any atom is 0.323 e. The smallest absolute Gasteiger partial charge is 0.308 e. The van der Waals surface area contributed by atoms with E-state index in [1.807, 2.05) is 35.7 Å². The van der Waals surface area contributed by atoms with E-state index in [0.717, 1.165) is 11.3 Å². The summed E-state index contributed by atoms with van der Waals surface area (Å²) in [7, 11) is 0. The summed E-state index contributed by atoms with van der Waals surface area (Å²) < 4.78 is 0. The van der Waals surface area contributed by atoms with Gasteiger partial charge in [0.1, 0.15) is 0 Å². The quantitative estimate of drug-likeness (QED) is 0.635. The van der Waals surface area contributed by atoms with E-state index in [0.29, 0.717) is 10.7 Å². The Morgan fingerprint density at radius 2 is 1.68 bits per heavy atom. The first-order valence-corrected chi connectivity index (χ1v) is 7.94. The van der Waals surface area contributed by atoms with E-state index in [-0.39, 0.29) is 6.03 Å². The van der Waals surface area contributed by atoms with E-state index < -0.39 is 0 Å². The average molecular weight is 329 g/mol. The molecule has 3 rings (SSSR count). The van der Waals surface area contributed by atoms with Crippen LogP contribution in [0.5, 0.6) is 0 Å². The number of amides is 2. The van der Waals surface area contributed by atoms with E-state index >= 15 is 0 Å². The Morgan fingerprint density at radius 3 is 2.41 bits per heavy atom. The van der Waals surface area contributed by atoms with Crippen molar-refractivity contribution >= 4 is 40.3 Å². The molecule has 0 atom stereocenters. The number of benzene rings is 2. The second kappa shape index (κ2) is 6.64. The number of rotatable bonds is 3. The molecular formula is C17H13ClN2OS. The SMILES string of the molecule is O=C(Nc1ccc(Cl)cc1)Nc1cccc(-c2cccs2)c1. The Labute approximate surface area is 137 Å². The average Bonchev–Trinajstić information content (AvgIpc) is 3.04. The van der Waals surface area contributed by atoms with Crippen LogP contribution < -0.4 is 10.6 Å². The molecule has 3 aromatic rings. The predicted octanol–water partition coefficient (Wildman–Crippen LogP) is 5.71. The van der Waals surface area contributed by atoms with Crippen LogP contribution in [0.1, 0.15) is 0 Å². The van der Waals surface area contributed by atoms with E-state index in [1.165, 1.54) is 4.88 Å². The van der Waals surface area contributed by atoms with Crippen LogP contribution in [0.25, 0.3) is 10.4 Å². The van der Waals surface area contributed by atoms with Crippen LogP contribution in [-0.4, -0.2) is 6.03 Å². The van der Waals surface area contributed by atoms with Gasteiger partial charge in [-0.05, 0) is 53.4 Å². The van der Waals surface area contributed by atoms with Gasteiger partial charge in [0.2, 0.25) is 0 Å². The minimum absolute atomic E-state index is 0.286. The summed E-state index contributed by atoms with van der Waals surface area (Å²) in [6.45, 7) is 0. The number of carbonyl (C=O) groups is 1. The van der Waals surface area contributed by atoms with Crippen molar-refractivity contribution in [1.82, 2.24) is 0 Å². The number of anilines is 2. The Kier molecular flexibility index (Phi) is 4.42. The number of nitrogens with one attached hydrogen (secondary N) is 2. The maximum absolute atomic E-state index is 12.0. The van der Waals surface area contributed by atoms with Crippen LogP contribution in [0.4, 0.5) is 16.2 Å². The van der Waals surface area contributed by atoms with Gasteiger partial charge in [0.15, 0.2) is 0 Å². The predicted molar refractivity (Wildman–Crippen MR) is 93.8 cm³/mol. The van der Waals surface area contributed by atoms with Crippen LogP contribution in [0, 0.1) is 0 Å². The minimum Gasteiger partial charge on any atom is -0.308 e. The Morgan fingerprint density at radius 1 is 0.909 bits per heavy atom. The summed E-state index contributed by atoms with van der Waals surface area (Å²) in [6.07, 6.45) is 0. The summed E-state index contributed by atoms with van der Waals surface area (Å²) in [5.74, 6) is 0. The van der Waals surface area contributed by atoms with Crippen molar-refractivity contribution in [2.45, 2.75) is 0 Å². The highest BCUT2D eigenvalue weighted by Gasteiger charge is 2.05. The number of thiophene rings is 1. The molecule has 2 amide bonds. The number of halogens is 1. The zero-order chi connectivity index (χ0) is 15.4. The van der Waals surface area contributed by atoms with Gasteiger partial charge in [-0.2, -0.15) is 0 Å². The summed E-state index contributed by atoms with van der Waals surface area (Å²) in [5, 5.41) is 8.26. The third-order valence-corrected chi connectivity index (χ3v) is 4.20. The molecular weight excluding hydrogens is 316 g/mol. The molecule has 2 N–H and O–H groups in total. The Bertz CT molecular complexity index is 770. The highest BCUT2D eigenvalue weighted by Crippen LogP contribution is 2.26. The molecule has 0 unspecified atom stereocenters. The molecule has 2 aromatic carbocycles. The highest BCUT2D eigenvalue weighted by molar-refractivity contribution is 7.13. The lowest BCUT2D eigenvalue weighted by atomic mass is 10.1. The highest BCUT2D eigenvalue weighted by atomic mass is 35.5. The summed E-state index contributed by atoms with van der Waals surface area (Å²) >= 11 is 7.48. The molecule has 0 aliphatic heterocycles. The minimum atomic E-state index is -0.286. The fraction of sp³-hybridized carbons (Fsp3) is 0. The van der Waals surface area contributed by atoms with Crippen LogP contribution in [0.2, 0.25) is 5.02 Å². The molecule has 22 heavy (non-hydrogen) atoms. The van der Waals surface area contributed by atoms with E-state index in [4.69, 9.17) is 11.6 Å². The van der Waals surface area contributed by atoms with E-state index in [2.05, 4.69) is 16.7 Å². The number of carbonyl (C=O) groups excluding carboxylic acids is 1. The number of urea groups is 1. The van der Waals surface area contributed by atoms with Gasteiger partial charge in [0.05, 0.1) is 0 Å². The van der Waals surface area contributed by atoms with Crippen LogP contribution >= 0.6 is 22.9 Å². The molecule has 0 radical (unpaired) electrons. The fourth-order valence-corrected chi connectivity index (χ4v) is 2.87. The summed E-state index contributed by atoms with van der Waals surface area (Å²) in [5.41, 5.74) is 2.52. The van der Waals surface area contributed by atoms with Crippen molar-refractivity contribution in [3.63, 3.8) is 0 Å². The van der Waals surface area contributed by atoms with Crippen molar-refractivity contribution in [2.75, 3.05) is 10.6 Å². The second-order valence-corrected chi connectivity index (χ2v) is 6.03. The topological polar surface area (TPSA) is 41.1 Å². The zero-order valence-corrected chi connectivity index (χ0v) is 13.1. The van der Waals surface area contributed by atoms with Gasteiger partial charge in [-0.25, -0.2) is 4.79 Å². The zero-order valence-electron chi connectivity index (χ0n) is 11.5. The van der Waals surface area contributed by atoms with Crippen LogP contribution in [0.3, 0.4) is 0 Å². The summed E-state index contributed by atoms with van der Waals surface area (Å²) in [4.78, 5) is 13.2. The first kappa shape index (κ1) is 14.6. The van der Waals surface area contributed by atoms with Crippen molar-refractivity contribution in [1.29, 1.82) is 0 Å². The molecule has 1 heterocycles. The Hall–Kier alpha value is -2.30. The van der Waals surface area contributed by atoms with Crippen molar-refractivity contribution < 1.29 is 4.79 Å². The number of hydrogen-bond donors (Lipinski definition) is 2. The molecule has 1 aromatic heterocycles. The molecule has 3 nitrogen and oxygen atoms in total. The van der Waals surface area contributed by atoms with Gasteiger partial charge >= 0.3 is 6.03 Å². The van der Waals surface area contributed by atoms with Crippen molar-refractivity contribution in [2.24, 2.45) is 0 Å². The standard InChI is InChI=1S/C17H13ClN2OS/c18-13-6-8-14(9-7-13)19-17(21)20-15-4-1-3-12(11-15)16-5-2-10-22-16/h1-11H,(H2,19,20,21). The lowest BCUT2D eigenvalue weighted by molar-refractivity contribution is 0.262. The Balaban J connectivity index is 1.69.